The third-order valence-electron chi connectivity index (χ3n) is 4.44. The molecule has 0 radical (unpaired) electrons. The molecule has 2 aliphatic heterocycles. The lowest BCUT2D eigenvalue weighted by Gasteiger charge is -2.20. The lowest BCUT2D eigenvalue weighted by molar-refractivity contribution is -0.126. The molecule has 1 fully saturated rings. The summed E-state index contributed by atoms with van der Waals surface area (Å²) >= 11 is 0. The van der Waals surface area contributed by atoms with Crippen LogP contribution in [0.1, 0.15) is 30.9 Å². The van der Waals surface area contributed by atoms with E-state index in [2.05, 4.69) is 24.4 Å². The van der Waals surface area contributed by atoms with Gasteiger partial charge >= 0.3 is 0 Å². The molecule has 3 rings (SSSR count). The van der Waals surface area contributed by atoms with Gasteiger partial charge in [-0.2, -0.15) is 0 Å². The largest absolute Gasteiger partial charge is 0.493 e. The van der Waals surface area contributed by atoms with Crippen LogP contribution in [0.3, 0.4) is 0 Å². The molecule has 1 aromatic rings. The fourth-order valence-electron chi connectivity index (χ4n) is 3.01. The first-order valence-corrected chi connectivity index (χ1v) is 7.16. The number of carbonyl (C=O) groups excluding carboxylic acids is 1. The van der Waals surface area contributed by atoms with E-state index in [1.165, 1.54) is 11.1 Å². The van der Waals surface area contributed by atoms with Crippen LogP contribution in [0.4, 0.5) is 0 Å². The molecule has 1 unspecified atom stereocenters. The van der Waals surface area contributed by atoms with Crippen molar-refractivity contribution in [2.45, 2.75) is 32.6 Å². The average molecular weight is 259 g/mol. The molecule has 0 aliphatic carbocycles. The van der Waals surface area contributed by atoms with Crippen molar-refractivity contribution in [2.24, 2.45) is 5.41 Å². The predicted octanol–water partition coefficient (Wildman–Crippen LogP) is 2.12. The normalized spacial score (nSPS) is 25.1. The van der Waals surface area contributed by atoms with Crippen molar-refractivity contribution in [3.8, 4) is 5.75 Å². The molecule has 1 saturated heterocycles. The zero-order chi connectivity index (χ0) is 13.3. The molecule has 0 spiro atoms. The molecule has 102 valence electrons. The first-order valence-electron chi connectivity index (χ1n) is 7.16. The van der Waals surface area contributed by atoms with E-state index in [1.54, 1.807) is 0 Å². The van der Waals surface area contributed by atoms with Crippen LogP contribution in [0.5, 0.6) is 5.75 Å². The highest BCUT2D eigenvalue weighted by Gasteiger charge is 2.35. The van der Waals surface area contributed by atoms with Gasteiger partial charge in [0.1, 0.15) is 11.5 Å². The highest BCUT2D eigenvalue weighted by Crippen LogP contribution is 2.29. The van der Waals surface area contributed by atoms with Gasteiger partial charge in [-0.3, -0.25) is 4.79 Å². The van der Waals surface area contributed by atoms with Crippen LogP contribution >= 0.6 is 0 Å². The Morgan fingerprint density at radius 1 is 1.47 bits per heavy atom. The lowest BCUT2D eigenvalue weighted by Crippen LogP contribution is -2.30. The van der Waals surface area contributed by atoms with Crippen LogP contribution in [-0.4, -0.2) is 25.5 Å². The molecular weight excluding hydrogens is 238 g/mol. The fourth-order valence-corrected chi connectivity index (χ4v) is 3.01. The minimum atomic E-state index is -0.139. The molecule has 0 bridgehead atoms. The summed E-state index contributed by atoms with van der Waals surface area (Å²) in [5.41, 5.74) is 2.41. The van der Waals surface area contributed by atoms with Crippen molar-refractivity contribution in [1.29, 1.82) is 0 Å². The van der Waals surface area contributed by atoms with Crippen molar-refractivity contribution in [1.82, 2.24) is 5.32 Å². The zero-order valence-electron chi connectivity index (χ0n) is 11.5. The fraction of sp³-hybridized carbons (Fsp3) is 0.562. The quantitative estimate of drug-likeness (QED) is 0.900. The van der Waals surface area contributed by atoms with Crippen molar-refractivity contribution >= 4 is 5.78 Å². The van der Waals surface area contributed by atoms with E-state index in [1.807, 2.05) is 6.07 Å². The molecule has 1 aromatic carbocycles. The van der Waals surface area contributed by atoms with Crippen LogP contribution in [0, 0.1) is 5.41 Å². The van der Waals surface area contributed by atoms with Crippen molar-refractivity contribution in [3.63, 3.8) is 0 Å². The second kappa shape index (κ2) is 4.97. The molecule has 19 heavy (non-hydrogen) atoms. The smallest absolute Gasteiger partial charge is 0.140 e. The highest BCUT2D eigenvalue weighted by molar-refractivity contribution is 5.85. The van der Waals surface area contributed by atoms with Gasteiger partial charge in [0.2, 0.25) is 0 Å². The van der Waals surface area contributed by atoms with Crippen molar-refractivity contribution in [3.05, 3.63) is 29.3 Å². The van der Waals surface area contributed by atoms with E-state index >= 15 is 0 Å². The van der Waals surface area contributed by atoms with Crippen LogP contribution < -0.4 is 10.1 Å². The lowest BCUT2D eigenvalue weighted by atomic mass is 9.82. The Hall–Kier alpha value is -1.35. The van der Waals surface area contributed by atoms with Gasteiger partial charge in [-0.15, -0.1) is 0 Å². The molecule has 0 saturated carbocycles. The Balaban J connectivity index is 1.61. The summed E-state index contributed by atoms with van der Waals surface area (Å²) in [6.45, 7) is 4.69. The van der Waals surface area contributed by atoms with Gasteiger partial charge in [0.25, 0.3) is 0 Å². The van der Waals surface area contributed by atoms with Gasteiger partial charge < -0.3 is 10.1 Å². The van der Waals surface area contributed by atoms with Crippen molar-refractivity contribution < 1.29 is 9.53 Å². The first kappa shape index (κ1) is 12.7. The maximum absolute atomic E-state index is 12.3. The summed E-state index contributed by atoms with van der Waals surface area (Å²) in [5, 5.41) is 3.29. The van der Waals surface area contributed by atoms with E-state index in [0.29, 0.717) is 12.2 Å². The summed E-state index contributed by atoms with van der Waals surface area (Å²) in [7, 11) is 0. The second-order valence-electron chi connectivity index (χ2n) is 5.95. The van der Waals surface area contributed by atoms with E-state index in [0.717, 1.165) is 44.7 Å². The van der Waals surface area contributed by atoms with Gasteiger partial charge in [-0.05, 0) is 36.6 Å². The minimum Gasteiger partial charge on any atom is -0.493 e. The predicted molar refractivity (Wildman–Crippen MR) is 74.6 cm³/mol. The van der Waals surface area contributed by atoms with E-state index in [4.69, 9.17) is 4.74 Å². The third kappa shape index (κ3) is 2.52. The SMILES string of the molecule is CC1(C(=O)CCc2ccc3c(c2)CCO3)CCNC1. The van der Waals surface area contributed by atoms with Crippen molar-refractivity contribution in [2.75, 3.05) is 19.7 Å². The molecule has 0 amide bonds. The number of nitrogens with one attached hydrogen (secondary N) is 1. The number of Topliss-reactive ketones (excluding diaryl/α,β-unsaturated/α-hetero) is 1. The molecule has 2 heterocycles. The summed E-state index contributed by atoms with van der Waals surface area (Å²) < 4.78 is 5.50. The minimum absolute atomic E-state index is 0.139. The van der Waals surface area contributed by atoms with Gasteiger partial charge in [0.05, 0.1) is 6.61 Å². The van der Waals surface area contributed by atoms with Gasteiger partial charge in [0, 0.05) is 24.8 Å². The third-order valence-corrected chi connectivity index (χ3v) is 4.44. The Bertz CT molecular complexity index is 490. The van der Waals surface area contributed by atoms with Crippen LogP contribution in [0.25, 0.3) is 0 Å². The molecule has 0 aromatic heterocycles. The Labute approximate surface area is 114 Å². The van der Waals surface area contributed by atoms with Gasteiger partial charge in [-0.25, -0.2) is 0 Å². The zero-order valence-corrected chi connectivity index (χ0v) is 11.5. The summed E-state index contributed by atoms with van der Waals surface area (Å²) in [4.78, 5) is 12.3. The number of carbonyl (C=O) groups is 1. The number of ketones is 1. The molecule has 3 heteroatoms. The number of hydrogen-bond acceptors (Lipinski definition) is 3. The molecular formula is C16H21NO2. The topological polar surface area (TPSA) is 38.3 Å². The van der Waals surface area contributed by atoms with Crippen LogP contribution in [0.2, 0.25) is 0 Å². The van der Waals surface area contributed by atoms with E-state index in [-0.39, 0.29) is 5.41 Å². The number of aryl methyl sites for hydroxylation is 1. The van der Waals surface area contributed by atoms with E-state index < -0.39 is 0 Å². The summed E-state index contributed by atoms with van der Waals surface area (Å²) in [6, 6.07) is 6.33. The number of fused-ring (bicyclic) bond motifs is 1. The van der Waals surface area contributed by atoms with Crippen LogP contribution in [-0.2, 0) is 17.6 Å². The van der Waals surface area contributed by atoms with Gasteiger partial charge in [-0.1, -0.05) is 19.1 Å². The maximum atomic E-state index is 12.3. The molecule has 3 nitrogen and oxygen atoms in total. The monoisotopic (exact) mass is 259 g/mol. The number of ether oxygens (including phenoxy) is 1. The van der Waals surface area contributed by atoms with Gasteiger partial charge in [0.15, 0.2) is 0 Å². The number of hydrogen-bond donors (Lipinski definition) is 1. The maximum Gasteiger partial charge on any atom is 0.140 e. The second-order valence-corrected chi connectivity index (χ2v) is 5.95. The van der Waals surface area contributed by atoms with Crippen LogP contribution in [0.15, 0.2) is 18.2 Å². The summed E-state index contributed by atoms with van der Waals surface area (Å²) in [6.07, 6.45) is 3.47. The molecule has 1 atom stereocenters. The Kier molecular flexibility index (Phi) is 3.31. The first-order chi connectivity index (χ1) is 9.17. The average Bonchev–Trinajstić information content (AvgIpc) is 3.04. The molecule has 1 N–H and O–H groups in total. The molecule has 2 aliphatic rings. The Morgan fingerprint density at radius 2 is 2.37 bits per heavy atom. The highest BCUT2D eigenvalue weighted by atomic mass is 16.5. The Morgan fingerprint density at radius 3 is 3.16 bits per heavy atom. The number of benzene rings is 1. The summed E-state index contributed by atoms with van der Waals surface area (Å²) in [5.74, 6) is 1.41. The standard InChI is InChI=1S/C16H21NO2/c1-16(7-8-17-11-16)15(18)5-3-12-2-4-14-13(10-12)6-9-19-14/h2,4,10,17H,3,5-9,11H2,1H3. The van der Waals surface area contributed by atoms with E-state index in [9.17, 15) is 4.79 Å². The number of rotatable bonds is 4.